The van der Waals surface area contributed by atoms with Gasteiger partial charge in [0.15, 0.2) is 4.96 Å². The zero-order valence-corrected chi connectivity index (χ0v) is 16.9. The Hall–Kier alpha value is -3.40. The van der Waals surface area contributed by atoms with Gasteiger partial charge in [0, 0.05) is 22.3 Å². The first kappa shape index (κ1) is 20.9. The number of halogens is 4. The number of thiazole rings is 1. The lowest BCUT2D eigenvalue weighted by atomic mass is 10.1. The van der Waals surface area contributed by atoms with Gasteiger partial charge in [-0.3, -0.25) is 4.40 Å². The average molecular weight is 448 g/mol. The zero-order valence-electron chi connectivity index (χ0n) is 16.1. The second kappa shape index (κ2) is 8.03. The van der Waals surface area contributed by atoms with E-state index < -0.39 is 17.8 Å². The molecule has 2 aromatic carbocycles. The van der Waals surface area contributed by atoms with E-state index in [1.165, 1.54) is 41.7 Å². The molecule has 0 fully saturated rings. The van der Waals surface area contributed by atoms with E-state index in [2.05, 4.69) is 15.6 Å². The maximum Gasteiger partial charge on any atom is 0.418 e. The fourth-order valence-electron chi connectivity index (χ4n) is 3.08. The minimum Gasteiger partial charge on any atom is -0.333 e. The van der Waals surface area contributed by atoms with Crippen molar-refractivity contribution in [1.29, 1.82) is 0 Å². The van der Waals surface area contributed by atoms with Gasteiger partial charge in [-0.25, -0.2) is 14.2 Å². The number of hydrogen-bond donors (Lipinski definition) is 2. The van der Waals surface area contributed by atoms with Crippen molar-refractivity contribution in [3.8, 4) is 11.3 Å². The van der Waals surface area contributed by atoms with Gasteiger partial charge in [-0.15, -0.1) is 0 Å². The number of hydrogen-bond acceptors (Lipinski definition) is 3. The molecule has 0 spiro atoms. The van der Waals surface area contributed by atoms with Crippen LogP contribution in [0.5, 0.6) is 0 Å². The highest BCUT2D eigenvalue weighted by Crippen LogP contribution is 2.34. The Balaban J connectivity index is 1.46. The number of imidazole rings is 1. The molecule has 4 aromatic rings. The smallest absolute Gasteiger partial charge is 0.333 e. The highest BCUT2D eigenvalue weighted by Gasteiger charge is 2.33. The van der Waals surface area contributed by atoms with Gasteiger partial charge < -0.3 is 10.6 Å². The minimum absolute atomic E-state index is 0.131. The predicted molar refractivity (Wildman–Crippen MR) is 111 cm³/mol. The Kier molecular flexibility index (Phi) is 5.40. The lowest BCUT2D eigenvalue weighted by molar-refractivity contribution is -0.136. The number of nitrogens with zero attached hydrogens (tertiary/aromatic N) is 2. The molecule has 2 amide bonds. The monoisotopic (exact) mass is 448 g/mol. The van der Waals surface area contributed by atoms with Crippen LogP contribution in [0.15, 0.2) is 54.7 Å². The van der Waals surface area contributed by atoms with Gasteiger partial charge in [-0.05, 0) is 43.3 Å². The summed E-state index contributed by atoms with van der Waals surface area (Å²) in [6, 6.07) is 10.1. The van der Waals surface area contributed by atoms with Gasteiger partial charge in [0.05, 0.1) is 23.5 Å². The molecular weight excluding hydrogens is 432 g/mol. The zero-order chi connectivity index (χ0) is 22.2. The highest BCUT2D eigenvalue weighted by molar-refractivity contribution is 7.17. The van der Waals surface area contributed by atoms with E-state index in [4.69, 9.17) is 0 Å². The molecule has 0 aliphatic rings. The molecular formula is C21H16F4N4OS. The van der Waals surface area contributed by atoms with E-state index in [1.807, 2.05) is 17.5 Å². The molecule has 0 atom stereocenters. The number of aromatic nitrogens is 2. The molecule has 2 aromatic heterocycles. The van der Waals surface area contributed by atoms with Crippen LogP contribution >= 0.6 is 11.3 Å². The first-order valence-corrected chi connectivity index (χ1v) is 9.98. The predicted octanol–water partition coefficient (Wildman–Crippen LogP) is 5.85. The fourth-order valence-corrected chi connectivity index (χ4v) is 4.13. The molecule has 0 aliphatic heterocycles. The van der Waals surface area contributed by atoms with Crippen molar-refractivity contribution in [3.05, 3.63) is 76.7 Å². The summed E-state index contributed by atoms with van der Waals surface area (Å²) in [5.41, 5.74) is 1.09. The van der Waals surface area contributed by atoms with E-state index in [9.17, 15) is 22.4 Å². The minimum atomic E-state index is -4.57. The molecule has 160 valence electrons. The molecule has 5 nitrogen and oxygen atoms in total. The normalized spacial score (nSPS) is 11.6. The number of urea groups is 1. The van der Waals surface area contributed by atoms with Gasteiger partial charge in [0.2, 0.25) is 0 Å². The fraction of sp³-hybridized carbons (Fsp3) is 0.143. The van der Waals surface area contributed by atoms with E-state index in [1.54, 1.807) is 12.1 Å². The Labute approximate surface area is 178 Å². The summed E-state index contributed by atoms with van der Waals surface area (Å²) >= 11 is 1.35. The third-order valence-corrected chi connectivity index (χ3v) is 5.84. The van der Waals surface area contributed by atoms with E-state index in [0.29, 0.717) is 10.7 Å². The van der Waals surface area contributed by atoms with Gasteiger partial charge in [0.25, 0.3) is 0 Å². The highest BCUT2D eigenvalue weighted by atomic mass is 32.1. The number of para-hydroxylation sites is 1. The molecule has 0 unspecified atom stereocenters. The maximum absolute atomic E-state index is 13.1. The molecule has 2 heterocycles. The van der Waals surface area contributed by atoms with Gasteiger partial charge in [-0.2, -0.15) is 13.2 Å². The number of amides is 2. The second-order valence-corrected chi connectivity index (χ2v) is 7.81. The van der Waals surface area contributed by atoms with E-state index in [-0.39, 0.29) is 18.0 Å². The van der Waals surface area contributed by atoms with Crippen molar-refractivity contribution in [2.45, 2.75) is 19.6 Å². The number of fused-ring (bicyclic) bond motifs is 1. The van der Waals surface area contributed by atoms with Crippen LogP contribution in [0.25, 0.3) is 16.2 Å². The van der Waals surface area contributed by atoms with Crippen LogP contribution in [-0.4, -0.2) is 15.4 Å². The standard InChI is InChI=1S/C21H16F4N4OS/c1-12-18(10-26-19(30)27-16-5-3-2-4-15(16)21(23,24)25)31-20-28-17(11-29(12)20)13-6-8-14(22)9-7-13/h2-9,11H,10H2,1H3,(H2,26,27,30). The summed E-state index contributed by atoms with van der Waals surface area (Å²) in [7, 11) is 0. The van der Waals surface area contributed by atoms with Crippen LogP contribution in [0.1, 0.15) is 16.1 Å². The topological polar surface area (TPSA) is 58.4 Å². The molecule has 0 aliphatic carbocycles. The van der Waals surface area contributed by atoms with Crippen molar-refractivity contribution >= 4 is 28.0 Å². The molecule has 0 saturated heterocycles. The molecule has 0 saturated carbocycles. The number of alkyl halides is 3. The summed E-state index contributed by atoms with van der Waals surface area (Å²) in [6.45, 7) is 1.99. The Bertz CT molecular complexity index is 1240. The summed E-state index contributed by atoms with van der Waals surface area (Å²) in [5, 5.41) is 4.83. The van der Waals surface area contributed by atoms with Crippen molar-refractivity contribution in [1.82, 2.24) is 14.7 Å². The van der Waals surface area contributed by atoms with E-state index >= 15 is 0 Å². The SMILES string of the molecule is Cc1c(CNC(=O)Nc2ccccc2C(F)(F)F)sc2nc(-c3ccc(F)cc3)cn12. The van der Waals surface area contributed by atoms with Gasteiger partial charge >= 0.3 is 12.2 Å². The maximum atomic E-state index is 13.1. The number of carbonyl (C=O) groups excluding carboxylic acids is 1. The van der Waals surface area contributed by atoms with Crippen molar-refractivity contribution in [2.75, 3.05) is 5.32 Å². The van der Waals surface area contributed by atoms with Crippen LogP contribution < -0.4 is 10.6 Å². The number of aryl methyl sites for hydroxylation is 1. The first-order chi connectivity index (χ1) is 14.7. The summed E-state index contributed by atoms with van der Waals surface area (Å²) in [6.07, 6.45) is -2.75. The molecule has 31 heavy (non-hydrogen) atoms. The largest absolute Gasteiger partial charge is 0.418 e. The second-order valence-electron chi connectivity index (χ2n) is 6.75. The van der Waals surface area contributed by atoms with Crippen LogP contribution in [0, 0.1) is 12.7 Å². The summed E-state index contributed by atoms with van der Waals surface area (Å²) < 4.78 is 54.2. The van der Waals surface area contributed by atoms with E-state index in [0.717, 1.165) is 22.2 Å². The molecule has 0 bridgehead atoms. The third kappa shape index (κ3) is 4.38. The lowest BCUT2D eigenvalue weighted by Gasteiger charge is -2.13. The van der Waals surface area contributed by atoms with Crippen LogP contribution in [0.3, 0.4) is 0 Å². The first-order valence-electron chi connectivity index (χ1n) is 9.17. The van der Waals surface area contributed by atoms with Crippen LogP contribution in [-0.2, 0) is 12.7 Å². The van der Waals surface area contributed by atoms with Crippen molar-refractivity contribution < 1.29 is 22.4 Å². The van der Waals surface area contributed by atoms with Crippen LogP contribution in [0.2, 0.25) is 0 Å². The summed E-state index contributed by atoms with van der Waals surface area (Å²) in [5.74, 6) is -0.328. The number of carbonyl (C=O) groups is 1. The Morgan fingerprint density at radius 1 is 1.13 bits per heavy atom. The quantitative estimate of drug-likeness (QED) is 0.385. The van der Waals surface area contributed by atoms with Gasteiger partial charge in [0.1, 0.15) is 5.82 Å². The van der Waals surface area contributed by atoms with Crippen molar-refractivity contribution in [2.24, 2.45) is 0 Å². The van der Waals surface area contributed by atoms with Crippen LogP contribution in [0.4, 0.5) is 28.0 Å². The molecule has 0 radical (unpaired) electrons. The number of anilines is 1. The number of nitrogens with one attached hydrogen (secondary N) is 2. The molecule has 2 N–H and O–H groups in total. The number of benzene rings is 2. The lowest BCUT2D eigenvalue weighted by Crippen LogP contribution is -2.29. The Morgan fingerprint density at radius 2 is 1.84 bits per heavy atom. The molecule has 4 rings (SSSR count). The van der Waals surface area contributed by atoms with Crippen molar-refractivity contribution in [3.63, 3.8) is 0 Å². The third-order valence-electron chi connectivity index (χ3n) is 4.68. The van der Waals surface area contributed by atoms with Gasteiger partial charge in [-0.1, -0.05) is 23.5 Å². The Morgan fingerprint density at radius 3 is 2.52 bits per heavy atom. The molecule has 10 heteroatoms. The summed E-state index contributed by atoms with van der Waals surface area (Å²) in [4.78, 5) is 18.2. The number of rotatable bonds is 4. The average Bonchev–Trinajstić information content (AvgIpc) is 3.26.